The Kier molecular flexibility index (Phi) is 3.78. The van der Waals surface area contributed by atoms with Gasteiger partial charge in [-0.3, -0.25) is 9.36 Å². The monoisotopic (exact) mass is 382 g/mol. The number of carbonyl (C=O) groups is 1. The minimum Gasteiger partial charge on any atom is -0.311 e. The van der Waals surface area contributed by atoms with Gasteiger partial charge in [0.15, 0.2) is 5.78 Å². The summed E-state index contributed by atoms with van der Waals surface area (Å²) in [5.74, 6) is 0.303. The molecule has 4 aliphatic rings. The molecule has 1 saturated carbocycles. The van der Waals surface area contributed by atoms with E-state index in [1.165, 1.54) is 36.5 Å². The van der Waals surface area contributed by atoms with Crippen LogP contribution in [0.4, 0.5) is 0 Å². The van der Waals surface area contributed by atoms with Gasteiger partial charge in [-0.2, -0.15) is 0 Å². The van der Waals surface area contributed by atoms with Gasteiger partial charge in [0.1, 0.15) is 5.66 Å². The zero-order valence-electron chi connectivity index (χ0n) is 15.6. The van der Waals surface area contributed by atoms with Crippen molar-refractivity contribution in [2.45, 2.75) is 36.8 Å². The van der Waals surface area contributed by atoms with E-state index < -0.39 is 18.7 Å². The van der Waals surface area contributed by atoms with Gasteiger partial charge in [0, 0.05) is 31.5 Å². The molecule has 2 bridgehead atoms. The van der Waals surface area contributed by atoms with Crippen LogP contribution >= 0.6 is 7.60 Å². The summed E-state index contributed by atoms with van der Waals surface area (Å²) in [7, 11) is -0.668. The number of hydrogen-bond donors (Lipinski definition) is 0. The third-order valence-corrected chi connectivity index (χ3v) is 9.31. The fourth-order valence-corrected chi connectivity index (χ4v) is 7.56. The smallest absolute Gasteiger partial charge is 0.311 e. The summed E-state index contributed by atoms with van der Waals surface area (Å²) in [6, 6.07) is 17.0. The minimum atomic E-state index is -3.42. The molecule has 4 nitrogen and oxygen atoms in total. The number of rotatable bonds is 3. The van der Waals surface area contributed by atoms with E-state index in [1.807, 2.05) is 0 Å². The molecule has 6 rings (SSSR count). The van der Waals surface area contributed by atoms with Crippen LogP contribution in [0.15, 0.2) is 48.5 Å². The second-order valence-corrected chi connectivity index (χ2v) is 10.4. The van der Waals surface area contributed by atoms with Gasteiger partial charge in [0.25, 0.3) is 0 Å². The number of carbonyl (C=O) groups excluding carboxylic acids is 1. The molecule has 0 heterocycles. The summed E-state index contributed by atoms with van der Waals surface area (Å²) in [5, 5.41) is 0. The molecule has 0 N–H and O–H groups in total. The lowest BCUT2D eigenvalue weighted by Gasteiger charge is -2.51. The van der Waals surface area contributed by atoms with Crippen LogP contribution < -0.4 is 0 Å². The third kappa shape index (κ3) is 2.12. The SMILES string of the molecule is COP(=O)(OC)C1CCC2(CC3c4ccccc4C2c2ccccc23)C1=O. The second-order valence-electron chi connectivity index (χ2n) is 7.93. The van der Waals surface area contributed by atoms with Gasteiger partial charge in [-0.15, -0.1) is 0 Å². The molecule has 0 radical (unpaired) electrons. The molecule has 0 aromatic heterocycles. The lowest BCUT2D eigenvalue weighted by molar-refractivity contribution is -0.127. The van der Waals surface area contributed by atoms with Crippen molar-refractivity contribution in [3.05, 3.63) is 70.8 Å². The molecule has 5 heteroatoms. The maximum Gasteiger partial charge on any atom is 0.340 e. The Balaban J connectivity index is 1.69. The molecule has 0 saturated heterocycles. The summed E-state index contributed by atoms with van der Waals surface area (Å²) in [6.07, 6.45) is 2.08. The molecule has 4 aliphatic carbocycles. The lowest BCUT2D eigenvalue weighted by atomic mass is 9.51. The maximum atomic E-state index is 13.7. The first-order valence-corrected chi connectivity index (χ1v) is 11.1. The standard InChI is InChI=1S/C22H23O4P/c1-25-27(24,26-2)19-11-12-22(21(19)23)13-18-14-7-3-5-9-16(14)20(22)17-10-6-4-8-15(17)18/h3-10,18-20H,11-13H2,1-2H3. The van der Waals surface area contributed by atoms with Gasteiger partial charge in [-0.1, -0.05) is 48.5 Å². The van der Waals surface area contributed by atoms with Crippen molar-refractivity contribution in [2.24, 2.45) is 5.41 Å². The van der Waals surface area contributed by atoms with Crippen LogP contribution in [0.3, 0.4) is 0 Å². The summed E-state index contributed by atoms with van der Waals surface area (Å²) in [4.78, 5) is 13.7. The molecule has 2 atom stereocenters. The molecule has 2 unspecified atom stereocenters. The van der Waals surface area contributed by atoms with Crippen LogP contribution in [0.2, 0.25) is 0 Å². The van der Waals surface area contributed by atoms with Crippen LogP contribution in [0, 0.1) is 5.41 Å². The molecule has 0 aliphatic heterocycles. The van der Waals surface area contributed by atoms with Crippen molar-refractivity contribution in [1.82, 2.24) is 0 Å². The summed E-state index contributed by atoms with van der Waals surface area (Å²) >= 11 is 0. The minimum absolute atomic E-state index is 0.0227. The van der Waals surface area contributed by atoms with E-state index in [9.17, 15) is 9.36 Å². The predicted molar refractivity (Wildman–Crippen MR) is 103 cm³/mol. The van der Waals surface area contributed by atoms with E-state index in [2.05, 4.69) is 48.5 Å². The molecular weight excluding hydrogens is 359 g/mol. The van der Waals surface area contributed by atoms with E-state index in [4.69, 9.17) is 9.05 Å². The normalized spacial score (nSPS) is 31.2. The zero-order chi connectivity index (χ0) is 18.8. The molecule has 2 aromatic rings. The van der Waals surface area contributed by atoms with Crippen molar-refractivity contribution < 1.29 is 18.4 Å². The van der Waals surface area contributed by atoms with Gasteiger partial charge in [-0.05, 0) is 41.5 Å². The molecule has 140 valence electrons. The largest absolute Gasteiger partial charge is 0.340 e. The summed E-state index contributed by atoms with van der Waals surface area (Å²) in [6.45, 7) is 0. The maximum absolute atomic E-state index is 13.7. The van der Waals surface area contributed by atoms with Crippen molar-refractivity contribution >= 4 is 13.4 Å². The number of ketones is 1. The highest BCUT2D eigenvalue weighted by Gasteiger charge is 2.63. The number of Topliss-reactive ketones (excluding diaryl/α,β-unsaturated/α-hetero) is 1. The molecular formula is C22H23O4P. The van der Waals surface area contributed by atoms with Gasteiger partial charge < -0.3 is 9.05 Å². The van der Waals surface area contributed by atoms with Gasteiger partial charge in [-0.25, -0.2) is 0 Å². The van der Waals surface area contributed by atoms with Gasteiger partial charge >= 0.3 is 7.60 Å². The van der Waals surface area contributed by atoms with Crippen molar-refractivity contribution in [2.75, 3.05) is 14.2 Å². The topological polar surface area (TPSA) is 52.6 Å². The number of hydrogen-bond acceptors (Lipinski definition) is 4. The van der Waals surface area contributed by atoms with Crippen LogP contribution in [0.1, 0.15) is 53.4 Å². The first-order chi connectivity index (χ1) is 13.1. The zero-order valence-corrected chi connectivity index (χ0v) is 16.4. The van der Waals surface area contributed by atoms with Crippen LogP contribution in [0.25, 0.3) is 0 Å². The van der Waals surface area contributed by atoms with Crippen molar-refractivity contribution in [1.29, 1.82) is 0 Å². The Labute approximate surface area is 159 Å². The number of benzene rings is 2. The average molecular weight is 382 g/mol. The molecule has 1 fully saturated rings. The van der Waals surface area contributed by atoms with Gasteiger partial charge in [0.2, 0.25) is 0 Å². The Morgan fingerprint density at radius 2 is 1.44 bits per heavy atom. The lowest BCUT2D eigenvalue weighted by Crippen LogP contribution is -2.45. The highest BCUT2D eigenvalue weighted by molar-refractivity contribution is 7.55. The summed E-state index contributed by atoms with van der Waals surface area (Å²) < 4.78 is 23.4. The quantitative estimate of drug-likeness (QED) is 0.711. The Morgan fingerprint density at radius 1 is 0.926 bits per heavy atom. The van der Waals surface area contributed by atoms with Crippen LogP contribution in [-0.2, 0) is 18.4 Å². The fourth-order valence-electron chi connectivity index (χ4n) is 5.92. The van der Waals surface area contributed by atoms with Crippen molar-refractivity contribution in [3.8, 4) is 0 Å². The first kappa shape index (κ1) is 17.4. The van der Waals surface area contributed by atoms with E-state index >= 15 is 0 Å². The Bertz CT molecular complexity index is 928. The van der Waals surface area contributed by atoms with E-state index in [-0.39, 0.29) is 17.6 Å². The second kappa shape index (κ2) is 5.88. The Hall–Kier alpha value is -1.74. The average Bonchev–Trinajstić information content (AvgIpc) is 3.04. The van der Waals surface area contributed by atoms with Crippen LogP contribution in [0.5, 0.6) is 0 Å². The van der Waals surface area contributed by atoms with Crippen LogP contribution in [-0.4, -0.2) is 25.7 Å². The van der Waals surface area contributed by atoms with Crippen molar-refractivity contribution in [3.63, 3.8) is 0 Å². The van der Waals surface area contributed by atoms with Gasteiger partial charge in [0.05, 0.1) is 0 Å². The van der Waals surface area contributed by atoms with E-state index in [1.54, 1.807) is 0 Å². The third-order valence-electron chi connectivity index (χ3n) is 7.03. The highest BCUT2D eigenvalue weighted by Crippen LogP contribution is 2.69. The van der Waals surface area contributed by atoms with E-state index in [0.29, 0.717) is 6.42 Å². The summed E-state index contributed by atoms with van der Waals surface area (Å²) in [5.41, 5.74) is 4.02. The first-order valence-electron chi connectivity index (χ1n) is 9.49. The molecule has 1 spiro atoms. The van der Waals surface area contributed by atoms with E-state index in [0.717, 1.165) is 12.8 Å². The molecule has 27 heavy (non-hydrogen) atoms. The Morgan fingerprint density at radius 3 is 1.96 bits per heavy atom. The highest BCUT2D eigenvalue weighted by atomic mass is 31.2. The fraction of sp³-hybridized carbons (Fsp3) is 0.409. The molecule has 0 amide bonds. The molecule has 2 aromatic carbocycles. The predicted octanol–water partition coefficient (Wildman–Crippen LogP) is 4.87.